The number of benzene rings is 1. The molecule has 0 bridgehead atoms. The molecule has 0 saturated heterocycles. The van der Waals surface area contributed by atoms with Crippen molar-refractivity contribution in [2.45, 2.75) is 52.8 Å². The molecule has 4 heteroatoms. The van der Waals surface area contributed by atoms with E-state index in [1.165, 1.54) is 11.3 Å². The van der Waals surface area contributed by atoms with Crippen LogP contribution in [0.5, 0.6) is 0 Å². The van der Waals surface area contributed by atoms with E-state index in [1.807, 2.05) is 19.1 Å². The third kappa shape index (κ3) is 6.74. The van der Waals surface area contributed by atoms with Crippen LogP contribution in [0.1, 0.15) is 42.8 Å². The first-order chi connectivity index (χ1) is 11.7. The smallest absolute Gasteiger partial charge is 0.120 e. The van der Waals surface area contributed by atoms with Crippen LogP contribution in [0, 0.1) is 25.7 Å². The van der Waals surface area contributed by atoms with E-state index >= 15 is 0 Å². The lowest BCUT2D eigenvalue weighted by Crippen LogP contribution is -2.20. The van der Waals surface area contributed by atoms with Gasteiger partial charge in [0.25, 0.3) is 0 Å². The maximum atomic E-state index is 9.65. The van der Waals surface area contributed by atoms with Crippen LogP contribution in [0.15, 0.2) is 30.3 Å². The third-order valence-corrected chi connectivity index (χ3v) is 3.93. The summed E-state index contributed by atoms with van der Waals surface area (Å²) in [7, 11) is 2.14. The van der Waals surface area contributed by atoms with Crippen molar-refractivity contribution in [1.29, 1.82) is 0 Å². The summed E-state index contributed by atoms with van der Waals surface area (Å²) >= 11 is 0. The molecular weight excluding hydrogens is 310 g/mol. The van der Waals surface area contributed by atoms with Crippen molar-refractivity contribution in [1.82, 2.24) is 14.7 Å². The van der Waals surface area contributed by atoms with Gasteiger partial charge in [0.2, 0.25) is 0 Å². The minimum Gasteiger partial charge on any atom is -0.378 e. The molecule has 2 rings (SSSR count). The number of aliphatic hydroxyl groups is 1. The monoisotopic (exact) mass is 339 g/mol. The fourth-order valence-electron chi connectivity index (χ4n) is 2.70. The van der Waals surface area contributed by atoms with Gasteiger partial charge in [-0.1, -0.05) is 24.0 Å². The molecule has 0 aliphatic rings. The zero-order chi connectivity index (χ0) is 18.4. The normalized spacial score (nSPS) is 11.5. The summed E-state index contributed by atoms with van der Waals surface area (Å²) in [5.41, 5.74) is 3.55. The second-order valence-corrected chi connectivity index (χ2v) is 7.25. The summed E-state index contributed by atoms with van der Waals surface area (Å²) in [5.74, 6) is 5.84. The number of aromatic nitrogens is 2. The van der Waals surface area contributed by atoms with Crippen molar-refractivity contribution in [3.05, 3.63) is 52.8 Å². The lowest BCUT2D eigenvalue weighted by molar-refractivity contribution is 0.143. The van der Waals surface area contributed by atoms with Gasteiger partial charge in [0.05, 0.1) is 5.69 Å². The highest BCUT2D eigenvalue weighted by Crippen LogP contribution is 2.08. The molecule has 0 aliphatic carbocycles. The highest BCUT2D eigenvalue weighted by atomic mass is 16.3. The van der Waals surface area contributed by atoms with Crippen molar-refractivity contribution >= 4 is 0 Å². The summed E-state index contributed by atoms with van der Waals surface area (Å²) in [4.78, 5) is 2.32. The van der Waals surface area contributed by atoms with Crippen LogP contribution in [-0.2, 0) is 13.1 Å². The maximum absolute atomic E-state index is 9.65. The van der Waals surface area contributed by atoms with E-state index < -0.39 is 5.60 Å². The molecule has 4 nitrogen and oxygen atoms in total. The zero-order valence-electron chi connectivity index (χ0n) is 16.0. The van der Waals surface area contributed by atoms with Gasteiger partial charge in [-0.05, 0) is 71.5 Å². The molecule has 0 fully saturated rings. The number of hydrogen-bond acceptors (Lipinski definition) is 3. The zero-order valence-corrected chi connectivity index (χ0v) is 16.0. The lowest BCUT2D eigenvalue weighted by atomic mass is 10.1. The molecule has 0 spiro atoms. The molecule has 0 aliphatic heterocycles. The Hall–Kier alpha value is -2.09. The van der Waals surface area contributed by atoms with Gasteiger partial charge in [-0.2, -0.15) is 5.10 Å². The van der Waals surface area contributed by atoms with E-state index in [2.05, 4.69) is 58.7 Å². The highest BCUT2D eigenvalue weighted by molar-refractivity contribution is 5.37. The van der Waals surface area contributed by atoms with Gasteiger partial charge >= 0.3 is 0 Å². The predicted octanol–water partition coefficient (Wildman–Crippen LogP) is 3.14. The SMILES string of the molecule is Cc1cc(C)n(CCCN(C)Cc2ccc(C#CC(C)(C)O)cc2)n1. The number of hydrogen-bond donors (Lipinski definition) is 1. The Balaban J connectivity index is 1.81. The van der Waals surface area contributed by atoms with Gasteiger partial charge in [0, 0.05) is 24.3 Å². The van der Waals surface area contributed by atoms with Crippen molar-refractivity contribution in [3.63, 3.8) is 0 Å². The van der Waals surface area contributed by atoms with Gasteiger partial charge in [0.1, 0.15) is 5.60 Å². The Morgan fingerprint density at radius 1 is 1.20 bits per heavy atom. The first-order valence-corrected chi connectivity index (χ1v) is 8.77. The number of nitrogens with zero attached hydrogens (tertiary/aromatic N) is 3. The van der Waals surface area contributed by atoms with Crippen LogP contribution in [0.2, 0.25) is 0 Å². The quantitative estimate of drug-likeness (QED) is 0.822. The molecule has 1 N–H and O–H groups in total. The molecular formula is C21H29N3O. The van der Waals surface area contributed by atoms with E-state index in [0.717, 1.165) is 37.3 Å². The Bertz CT molecular complexity index is 742. The largest absolute Gasteiger partial charge is 0.378 e. The van der Waals surface area contributed by atoms with E-state index in [4.69, 9.17) is 0 Å². The first kappa shape index (κ1) is 19.2. The van der Waals surface area contributed by atoms with Crippen LogP contribution in [-0.4, -0.2) is 39.0 Å². The van der Waals surface area contributed by atoms with Crippen LogP contribution < -0.4 is 0 Å². The molecule has 0 amide bonds. The Labute approximate surface area is 151 Å². The molecule has 1 aromatic carbocycles. The summed E-state index contributed by atoms with van der Waals surface area (Å²) in [6, 6.07) is 10.3. The first-order valence-electron chi connectivity index (χ1n) is 8.77. The molecule has 0 radical (unpaired) electrons. The van der Waals surface area contributed by atoms with E-state index in [-0.39, 0.29) is 0 Å². The standard InChI is InChI=1S/C21H29N3O/c1-17-15-18(2)24(22-17)14-6-13-23(5)16-20-9-7-19(8-10-20)11-12-21(3,4)25/h7-10,15,25H,6,13-14,16H2,1-5H3. The van der Waals surface area contributed by atoms with Crippen LogP contribution in [0.25, 0.3) is 0 Å². The van der Waals surface area contributed by atoms with Crippen LogP contribution >= 0.6 is 0 Å². The van der Waals surface area contributed by atoms with Gasteiger partial charge in [-0.15, -0.1) is 0 Å². The lowest BCUT2D eigenvalue weighted by Gasteiger charge is -2.17. The molecule has 25 heavy (non-hydrogen) atoms. The maximum Gasteiger partial charge on any atom is 0.120 e. The Kier molecular flexibility index (Phi) is 6.41. The number of aryl methyl sites for hydroxylation is 3. The Morgan fingerprint density at radius 2 is 1.88 bits per heavy atom. The molecule has 134 valence electrons. The summed E-state index contributed by atoms with van der Waals surface area (Å²) in [5, 5.41) is 14.2. The average molecular weight is 339 g/mol. The highest BCUT2D eigenvalue weighted by Gasteiger charge is 2.06. The van der Waals surface area contributed by atoms with E-state index in [0.29, 0.717) is 0 Å². The second-order valence-electron chi connectivity index (χ2n) is 7.25. The van der Waals surface area contributed by atoms with E-state index in [9.17, 15) is 5.11 Å². The van der Waals surface area contributed by atoms with Crippen molar-refractivity contribution < 1.29 is 5.11 Å². The van der Waals surface area contributed by atoms with Gasteiger partial charge < -0.3 is 10.0 Å². The average Bonchev–Trinajstić information content (AvgIpc) is 2.84. The number of rotatable bonds is 6. The predicted molar refractivity (Wildman–Crippen MR) is 102 cm³/mol. The van der Waals surface area contributed by atoms with Crippen molar-refractivity contribution in [3.8, 4) is 11.8 Å². The van der Waals surface area contributed by atoms with Gasteiger partial charge in [0.15, 0.2) is 0 Å². The van der Waals surface area contributed by atoms with Gasteiger partial charge in [-0.3, -0.25) is 4.68 Å². The second kappa shape index (κ2) is 8.33. The molecule has 0 saturated carbocycles. The molecule has 1 aromatic heterocycles. The third-order valence-electron chi connectivity index (χ3n) is 3.93. The van der Waals surface area contributed by atoms with Crippen LogP contribution in [0.4, 0.5) is 0 Å². The minimum atomic E-state index is -0.954. The van der Waals surface area contributed by atoms with Crippen molar-refractivity contribution in [2.24, 2.45) is 0 Å². The molecule has 2 aromatic rings. The van der Waals surface area contributed by atoms with E-state index in [1.54, 1.807) is 13.8 Å². The molecule has 0 unspecified atom stereocenters. The fraction of sp³-hybridized carbons (Fsp3) is 0.476. The van der Waals surface area contributed by atoms with Crippen molar-refractivity contribution in [2.75, 3.05) is 13.6 Å². The van der Waals surface area contributed by atoms with Crippen LogP contribution in [0.3, 0.4) is 0 Å². The Morgan fingerprint density at radius 3 is 2.44 bits per heavy atom. The van der Waals surface area contributed by atoms with Gasteiger partial charge in [-0.25, -0.2) is 0 Å². The topological polar surface area (TPSA) is 41.3 Å². The molecule has 1 heterocycles. The summed E-state index contributed by atoms with van der Waals surface area (Å²) in [6.45, 7) is 10.4. The summed E-state index contributed by atoms with van der Waals surface area (Å²) < 4.78 is 2.08. The molecule has 0 atom stereocenters. The fourth-order valence-corrected chi connectivity index (χ4v) is 2.70. The summed E-state index contributed by atoms with van der Waals surface area (Å²) in [6.07, 6.45) is 1.08. The minimum absolute atomic E-state index is 0.913.